The maximum absolute atomic E-state index is 12.0. The summed E-state index contributed by atoms with van der Waals surface area (Å²) in [4.78, 5) is 24.0. The lowest BCUT2D eigenvalue weighted by molar-refractivity contribution is -0.125. The van der Waals surface area contributed by atoms with Crippen molar-refractivity contribution in [3.63, 3.8) is 0 Å². The van der Waals surface area contributed by atoms with Crippen LogP contribution in [0.5, 0.6) is 0 Å². The summed E-state index contributed by atoms with van der Waals surface area (Å²) in [5.41, 5.74) is 0.108. The van der Waals surface area contributed by atoms with Crippen molar-refractivity contribution >= 4 is 21.7 Å². The van der Waals surface area contributed by atoms with Gasteiger partial charge < -0.3 is 10.1 Å². The number of sulfone groups is 1. The summed E-state index contributed by atoms with van der Waals surface area (Å²) >= 11 is 0. The van der Waals surface area contributed by atoms with Gasteiger partial charge in [0.15, 0.2) is 16.4 Å². The Kier molecular flexibility index (Phi) is 5.99. The first kappa shape index (κ1) is 18.4. The van der Waals surface area contributed by atoms with Crippen LogP contribution in [-0.4, -0.2) is 39.2 Å². The van der Waals surface area contributed by atoms with Crippen LogP contribution in [-0.2, 0) is 19.4 Å². The summed E-state index contributed by atoms with van der Waals surface area (Å²) < 4.78 is 28.0. The van der Waals surface area contributed by atoms with Crippen molar-refractivity contribution in [2.75, 3.05) is 12.9 Å². The highest BCUT2D eigenvalue weighted by molar-refractivity contribution is 7.90. The van der Waals surface area contributed by atoms with Crippen LogP contribution < -0.4 is 5.32 Å². The lowest BCUT2D eigenvalue weighted by atomic mass is 9.86. The van der Waals surface area contributed by atoms with Gasteiger partial charge >= 0.3 is 5.97 Å². The van der Waals surface area contributed by atoms with E-state index in [4.69, 9.17) is 4.74 Å². The first-order valence-electron chi connectivity index (χ1n) is 8.04. The third-order valence-electron chi connectivity index (χ3n) is 4.29. The van der Waals surface area contributed by atoms with E-state index in [1.807, 2.05) is 0 Å². The van der Waals surface area contributed by atoms with Crippen molar-refractivity contribution in [1.82, 2.24) is 5.32 Å². The Labute approximate surface area is 142 Å². The van der Waals surface area contributed by atoms with Crippen molar-refractivity contribution in [3.8, 4) is 0 Å². The van der Waals surface area contributed by atoms with Gasteiger partial charge in [-0.25, -0.2) is 13.2 Å². The molecule has 1 fully saturated rings. The summed E-state index contributed by atoms with van der Waals surface area (Å²) in [6, 6.07) is 5.70. The minimum absolute atomic E-state index is 0.0393. The molecule has 1 N–H and O–H groups in total. The van der Waals surface area contributed by atoms with Crippen LogP contribution in [0.4, 0.5) is 0 Å². The van der Waals surface area contributed by atoms with E-state index in [9.17, 15) is 18.0 Å². The standard InChI is InChI=1S/C17H23NO5S/c1-12-6-3-4-9-15(12)18-16(19)11-23-17(20)13-7-5-8-14(10-13)24(2,21)22/h5,7-8,10,12,15H,3-4,6,9,11H2,1-2H3,(H,18,19)/t12-,15-/m1/s1. The van der Waals surface area contributed by atoms with E-state index < -0.39 is 15.8 Å². The number of nitrogens with one attached hydrogen (secondary N) is 1. The summed E-state index contributed by atoms with van der Waals surface area (Å²) in [5.74, 6) is -0.626. The molecule has 0 bridgehead atoms. The quantitative estimate of drug-likeness (QED) is 0.817. The van der Waals surface area contributed by atoms with E-state index in [0.29, 0.717) is 5.92 Å². The van der Waals surface area contributed by atoms with E-state index >= 15 is 0 Å². The Morgan fingerprint density at radius 1 is 1.25 bits per heavy atom. The van der Waals surface area contributed by atoms with Crippen LogP contribution in [0.2, 0.25) is 0 Å². The highest BCUT2D eigenvalue weighted by atomic mass is 32.2. The Bertz CT molecular complexity index is 713. The van der Waals surface area contributed by atoms with Gasteiger partial charge in [-0.3, -0.25) is 4.79 Å². The average molecular weight is 353 g/mol. The molecule has 1 amide bonds. The summed E-state index contributed by atoms with van der Waals surface area (Å²) in [6.45, 7) is 1.73. The van der Waals surface area contributed by atoms with Crippen LogP contribution in [0, 0.1) is 5.92 Å². The predicted octanol–water partition coefficient (Wildman–Crippen LogP) is 1.94. The smallest absolute Gasteiger partial charge is 0.338 e. The van der Waals surface area contributed by atoms with Crippen LogP contribution in [0.3, 0.4) is 0 Å². The van der Waals surface area contributed by atoms with Crippen LogP contribution in [0.1, 0.15) is 43.0 Å². The SMILES string of the molecule is C[C@@H]1CCCC[C@H]1NC(=O)COC(=O)c1cccc(S(C)(=O)=O)c1. The molecule has 0 aliphatic heterocycles. The third kappa shape index (κ3) is 5.06. The summed E-state index contributed by atoms with van der Waals surface area (Å²) in [7, 11) is -3.40. The molecule has 0 heterocycles. The Balaban J connectivity index is 1.90. The number of ether oxygens (including phenoxy) is 1. The summed E-state index contributed by atoms with van der Waals surface area (Å²) in [5, 5.41) is 2.90. The number of carbonyl (C=O) groups is 2. The largest absolute Gasteiger partial charge is 0.452 e. The van der Waals surface area contributed by atoms with Crippen molar-refractivity contribution in [3.05, 3.63) is 29.8 Å². The van der Waals surface area contributed by atoms with Gasteiger partial charge in [-0.2, -0.15) is 0 Å². The second kappa shape index (κ2) is 7.79. The molecule has 1 aliphatic carbocycles. The van der Waals surface area contributed by atoms with Crippen molar-refractivity contribution in [2.24, 2.45) is 5.92 Å². The van der Waals surface area contributed by atoms with E-state index in [0.717, 1.165) is 25.5 Å². The number of esters is 1. The molecule has 132 valence electrons. The van der Waals surface area contributed by atoms with E-state index in [-0.39, 0.29) is 29.0 Å². The number of rotatable bonds is 5. The van der Waals surface area contributed by atoms with Crippen LogP contribution >= 0.6 is 0 Å². The summed E-state index contributed by atoms with van der Waals surface area (Å²) in [6.07, 6.45) is 5.36. The second-order valence-electron chi connectivity index (χ2n) is 6.31. The molecule has 24 heavy (non-hydrogen) atoms. The fourth-order valence-corrected chi connectivity index (χ4v) is 3.51. The zero-order valence-corrected chi connectivity index (χ0v) is 14.8. The topological polar surface area (TPSA) is 89.5 Å². The maximum Gasteiger partial charge on any atom is 0.338 e. The molecule has 0 unspecified atom stereocenters. The molecule has 1 aromatic carbocycles. The number of hydrogen-bond donors (Lipinski definition) is 1. The zero-order chi connectivity index (χ0) is 17.7. The van der Waals surface area contributed by atoms with Gasteiger partial charge in [0, 0.05) is 12.3 Å². The molecular formula is C17H23NO5S. The molecule has 7 heteroatoms. The molecule has 1 saturated carbocycles. The second-order valence-corrected chi connectivity index (χ2v) is 8.33. The molecular weight excluding hydrogens is 330 g/mol. The van der Waals surface area contributed by atoms with Crippen LogP contribution in [0.15, 0.2) is 29.2 Å². The lowest BCUT2D eigenvalue weighted by Gasteiger charge is -2.29. The van der Waals surface area contributed by atoms with Gasteiger partial charge in [0.2, 0.25) is 0 Å². The van der Waals surface area contributed by atoms with Gasteiger partial charge in [0.1, 0.15) is 0 Å². The molecule has 0 spiro atoms. The van der Waals surface area contributed by atoms with Gasteiger partial charge in [-0.15, -0.1) is 0 Å². The van der Waals surface area contributed by atoms with Crippen molar-refractivity contribution in [2.45, 2.75) is 43.5 Å². The number of amides is 1. The lowest BCUT2D eigenvalue weighted by Crippen LogP contribution is -2.42. The van der Waals surface area contributed by atoms with Gasteiger partial charge in [-0.1, -0.05) is 25.8 Å². The zero-order valence-electron chi connectivity index (χ0n) is 13.9. The minimum atomic E-state index is -3.40. The Morgan fingerprint density at radius 3 is 2.62 bits per heavy atom. The average Bonchev–Trinajstić information content (AvgIpc) is 2.54. The molecule has 2 atom stereocenters. The fourth-order valence-electron chi connectivity index (χ4n) is 2.85. The van der Waals surface area contributed by atoms with Crippen LogP contribution in [0.25, 0.3) is 0 Å². The number of benzene rings is 1. The van der Waals surface area contributed by atoms with Gasteiger partial charge in [0.05, 0.1) is 10.5 Å². The van der Waals surface area contributed by atoms with Gasteiger partial charge in [0.25, 0.3) is 5.91 Å². The first-order valence-corrected chi connectivity index (χ1v) is 9.93. The highest BCUT2D eigenvalue weighted by Crippen LogP contribution is 2.23. The van der Waals surface area contributed by atoms with Crippen molar-refractivity contribution in [1.29, 1.82) is 0 Å². The third-order valence-corrected chi connectivity index (χ3v) is 5.40. The Morgan fingerprint density at radius 2 is 1.96 bits per heavy atom. The predicted molar refractivity (Wildman–Crippen MR) is 89.4 cm³/mol. The van der Waals surface area contributed by atoms with Gasteiger partial charge in [-0.05, 0) is 37.0 Å². The normalized spacial score (nSPS) is 21.1. The number of hydrogen-bond acceptors (Lipinski definition) is 5. The fraction of sp³-hybridized carbons (Fsp3) is 0.529. The molecule has 0 aromatic heterocycles. The van der Waals surface area contributed by atoms with E-state index in [2.05, 4.69) is 12.2 Å². The number of carbonyl (C=O) groups excluding carboxylic acids is 2. The monoisotopic (exact) mass is 353 g/mol. The molecule has 1 aliphatic rings. The highest BCUT2D eigenvalue weighted by Gasteiger charge is 2.23. The van der Waals surface area contributed by atoms with Crippen molar-refractivity contribution < 1.29 is 22.7 Å². The van der Waals surface area contributed by atoms with E-state index in [1.165, 1.54) is 30.7 Å². The Hall–Kier alpha value is -1.89. The minimum Gasteiger partial charge on any atom is -0.452 e. The maximum atomic E-state index is 12.0. The molecule has 6 nitrogen and oxygen atoms in total. The van der Waals surface area contributed by atoms with E-state index in [1.54, 1.807) is 0 Å². The molecule has 0 saturated heterocycles. The molecule has 1 aromatic rings. The molecule has 2 rings (SSSR count). The first-order chi connectivity index (χ1) is 11.3. The molecule has 0 radical (unpaired) electrons.